The van der Waals surface area contributed by atoms with Gasteiger partial charge >= 0.3 is 0 Å². The summed E-state index contributed by atoms with van der Waals surface area (Å²) in [5.74, 6) is 1.81. The molecule has 1 saturated heterocycles. The Labute approximate surface area is 143 Å². The molecule has 1 aliphatic rings. The van der Waals surface area contributed by atoms with Crippen molar-refractivity contribution in [3.8, 4) is 0 Å². The Morgan fingerprint density at radius 1 is 1.12 bits per heavy atom. The third-order valence-corrected chi connectivity index (χ3v) is 4.17. The first-order valence-electron chi connectivity index (χ1n) is 8.86. The average molecular weight is 326 g/mol. The van der Waals surface area contributed by atoms with Gasteiger partial charge in [0.1, 0.15) is 5.82 Å². The molecule has 2 aromatic heterocycles. The van der Waals surface area contributed by atoms with Gasteiger partial charge in [-0.3, -0.25) is 4.98 Å². The van der Waals surface area contributed by atoms with E-state index in [-0.39, 0.29) is 0 Å². The van der Waals surface area contributed by atoms with Gasteiger partial charge in [0.05, 0.1) is 5.69 Å². The Morgan fingerprint density at radius 3 is 2.71 bits per heavy atom. The summed E-state index contributed by atoms with van der Waals surface area (Å²) in [6, 6.07) is 6.03. The van der Waals surface area contributed by atoms with Gasteiger partial charge in [-0.1, -0.05) is 6.92 Å². The molecule has 0 atom stereocenters. The van der Waals surface area contributed by atoms with Crippen molar-refractivity contribution in [1.82, 2.24) is 15.0 Å². The fraction of sp³-hybridized carbons (Fsp3) is 0.500. The van der Waals surface area contributed by atoms with Crippen molar-refractivity contribution in [2.24, 2.45) is 0 Å². The molecule has 0 bridgehead atoms. The van der Waals surface area contributed by atoms with Gasteiger partial charge in [-0.2, -0.15) is 4.98 Å². The van der Waals surface area contributed by atoms with Crippen LogP contribution in [0.15, 0.2) is 30.6 Å². The number of aromatic nitrogens is 3. The average Bonchev–Trinajstić information content (AvgIpc) is 3.17. The lowest BCUT2D eigenvalue weighted by molar-refractivity contribution is 0.862. The minimum atomic E-state index is 0.878. The monoisotopic (exact) mass is 326 g/mol. The highest BCUT2D eigenvalue weighted by atomic mass is 15.3. The van der Waals surface area contributed by atoms with Gasteiger partial charge in [-0.25, -0.2) is 4.98 Å². The molecule has 0 aromatic carbocycles. The third kappa shape index (κ3) is 4.57. The second kappa shape index (κ2) is 8.47. The molecular formula is C18H26N6. The number of rotatable bonds is 8. The molecule has 6 heteroatoms. The van der Waals surface area contributed by atoms with Crippen LogP contribution in [0.2, 0.25) is 0 Å². The summed E-state index contributed by atoms with van der Waals surface area (Å²) in [4.78, 5) is 15.7. The van der Waals surface area contributed by atoms with E-state index in [1.165, 1.54) is 12.8 Å². The molecule has 0 radical (unpaired) electrons. The Kier molecular flexibility index (Phi) is 5.82. The van der Waals surface area contributed by atoms with Crippen LogP contribution in [-0.2, 0) is 6.42 Å². The predicted molar refractivity (Wildman–Crippen MR) is 98.7 cm³/mol. The number of pyridine rings is 1. The number of nitrogens with one attached hydrogen (secondary N) is 2. The van der Waals surface area contributed by atoms with E-state index in [0.29, 0.717) is 0 Å². The molecule has 2 aromatic rings. The van der Waals surface area contributed by atoms with Crippen molar-refractivity contribution < 1.29 is 0 Å². The molecule has 0 saturated carbocycles. The quantitative estimate of drug-likeness (QED) is 0.727. The topological polar surface area (TPSA) is 66.0 Å². The van der Waals surface area contributed by atoms with Gasteiger partial charge in [0.2, 0.25) is 5.95 Å². The van der Waals surface area contributed by atoms with Crippen LogP contribution in [0, 0.1) is 0 Å². The minimum Gasteiger partial charge on any atom is -0.384 e. The summed E-state index contributed by atoms with van der Waals surface area (Å²) in [6.07, 6.45) is 8.05. The van der Waals surface area contributed by atoms with Gasteiger partial charge in [0.15, 0.2) is 0 Å². The maximum absolute atomic E-state index is 4.69. The SMILES string of the molecule is CCc1cc(NCCCNc2cccnc2)nc(N2CCCC2)n1. The molecular weight excluding hydrogens is 300 g/mol. The highest BCUT2D eigenvalue weighted by Gasteiger charge is 2.16. The standard InChI is InChI=1S/C18H26N6/c1-2-15-13-17(23-18(22-15)24-11-3-4-12-24)21-10-6-9-20-16-7-5-8-19-14-16/h5,7-8,13-14,20H,2-4,6,9-12H2,1H3,(H,21,22,23). The summed E-state index contributed by atoms with van der Waals surface area (Å²) in [5, 5.41) is 6.80. The summed E-state index contributed by atoms with van der Waals surface area (Å²) >= 11 is 0. The Bertz CT molecular complexity index is 625. The van der Waals surface area contributed by atoms with Gasteiger partial charge in [0, 0.05) is 50.3 Å². The van der Waals surface area contributed by atoms with Crippen LogP contribution >= 0.6 is 0 Å². The summed E-state index contributed by atoms with van der Waals surface area (Å²) < 4.78 is 0. The molecule has 128 valence electrons. The number of nitrogens with zero attached hydrogens (tertiary/aromatic N) is 4. The minimum absolute atomic E-state index is 0.878. The normalized spacial score (nSPS) is 14.0. The van der Waals surface area contributed by atoms with Gasteiger partial charge in [-0.15, -0.1) is 0 Å². The third-order valence-electron chi connectivity index (χ3n) is 4.17. The highest BCUT2D eigenvalue weighted by molar-refractivity contribution is 5.44. The van der Waals surface area contributed by atoms with Crippen LogP contribution in [-0.4, -0.2) is 41.1 Å². The number of hydrogen-bond donors (Lipinski definition) is 2. The molecule has 2 N–H and O–H groups in total. The molecule has 0 unspecified atom stereocenters. The zero-order valence-corrected chi connectivity index (χ0v) is 14.3. The zero-order valence-electron chi connectivity index (χ0n) is 14.3. The first kappa shape index (κ1) is 16.5. The molecule has 3 heterocycles. The lowest BCUT2D eigenvalue weighted by Gasteiger charge is -2.17. The van der Waals surface area contributed by atoms with Gasteiger partial charge in [-0.05, 0) is 37.8 Å². The van der Waals surface area contributed by atoms with Crippen molar-refractivity contribution in [3.05, 3.63) is 36.3 Å². The van der Waals surface area contributed by atoms with E-state index in [1.807, 2.05) is 18.3 Å². The van der Waals surface area contributed by atoms with E-state index in [4.69, 9.17) is 4.98 Å². The first-order chi connectivity index (χ1) is 11.8. The van der Waals surface area contributed by atoms with Crippen LogP contribution in [0.4, 0.5) is 17.5 Å². The van der Waals surface area contributed by atoms with Gasteiger partial charge in [0.25, 0.3) is 0 Å². The van der Waals surface area contributed by atoms with Crippen LogP contribution in [0.25, 0.3) is 0 Å². The maximum atomic E-state index is 4.69. The molecule has 3 rings (SSSR count). The van der Waals surface area contributed by atoms with Crippen molar-refractivity contribution in [2.45, 2.75) is 32.6 Å². The smallest absolute Gasteiger partial charge is 0.227 e. The lowest BCUT2D eigenvalue weighted by atomic mass is 10.3. The molecule has 1 fully saturated rings. The van der Waals surface area contributed by atoms with Crippen LogP contribution < -0.4 is 15.5 Å². The summed E-state index contributed by atoms with van der Waals surface area (Å²) in [5.41, 5.74) is 2.16. The highest BCUT2D eigenvalue weighted by Crippen LogP contribution is 2.19. The Balaban J connectivity index is 1.49. The van der Waals surface area contributed by atoms with Crippen LogP contribution in [0.3, 0.4) is 0 Å². The van der Waals surface area contributed by atoms with Gasteiger partial charge < -0.3 is 15.5 Å². The number of hydrogen-bond acceptors (Lipinski definition) is 6. The van der Waals surface area contributed by atoms with Crippen molar-refractivity contribution in [3.63, 3.8) is 0 Å². The number of anilines is 3. The summed E-state index contributed by atoms with van der Waals surface area (Å²) in [6.45, 7) is 6.07. The lowest BCUT2D eigenvalue weighted by Crippen LogP contribution is -2.21. The molecule has 6 nitrogen and oxygen atoms in total. The molecule has 24 heavy (non-hydrogen) atoms. The van der Waals surface area contributed by atoms with Crippen LogP contribution in [0.1, 0.15) is 31.9 Å². The van der Waals surface area contributed by atoms with Crippen molar-refractivity contribution in [1.29, 1.82) is 0 Å². The zero-order chi connectivity index (χ0) is 16.6. The molecule has 1 aliphatic heterocycles. The Hall–Kier alpha value is -2.37. The maximum Gasteiger partial charge on any atom is 0.227 e. The van der Waals surface area contributed by atoms with E-state index in [1.54, 1.807) is 6.20 Å². The van der Waals surface area contributed by atoms with Crippen molar-refractivity contribution >= 4 is 17.5 Å². The molecule has 0 aliphatic carbocycles. The largest absolute Gasteiger partial charge is 0.384 e. The fourth-order valence-electron chi connectivity index (χ4n) is 2.82. The van der Waals surface area contributed by atoms with Crippen molar-refractivity contribution in [2.75, 3.05) is 41.7 Å². The summed E-state index contributed by atoms with van der Waals surface area (Å²) in [7, 11) is 0. The molecule has 0 amide bonds. The fourth-order valence-corrected chi connectivity index (χ4v) is 2.82. The Morgan fingerprint density at radius 2 is 1.96 bits per heavy atom. The van der Waals surface area contributed by atoms with E-state index < -0.39 is 0 Å². The van der Waals surface area contributed by atoms with E-state index in [9.17, 15) is 0 Å². The van der Waals surface area contributed by atoms with Crippen LogP contribution in [0.5, 0.6) is 0 Å². The molecule has 0 spiro atoms. The van der Waals surface area contributed by atoms with E-state index in [2.05, 4.69) is 38.5 Å². The second-order valence-electron chi connectivity index (χ2n) is 6.04. The predicted octanol–water partition coefficient (Wildman–Crippen LogP) is 2.95. The van der Waals surface area contributed by atoms with E-state index in [0.717, 1.165) is 62.2 Å². The first-order valence-corrected chi connectivity index (χ1v) is 8.86. The number of aryl methyl sites for hydroxylation is 1. The second-order valence-corrected chi connectivity index (χ2v) is 6.04. The van der Waals surface area contributed by atoms with E-state index >= 15 is 0 Å².